The molecule has 18 heavy (non-hydrogen) atoms. The van der Waals surface area contributed by atoms with Gasteiger partial charge < -0.3 is 14.6 Å². The molecule has 4 nitrogen and oxygen atoms in total. The fourth-order valence-corrected chi connectivity index (χ4v) is 2.96. The molecule has 1 aliphatic carbocycles. The third kappa shape index (κ3) is 1.72. The van der Waals surface area contributed by atoms with Gasteiger partial charge in [-0.15, -0.1) is 0 Å². The molecule has 0 amide bonds. The summed E-state index contributed by atoms with van der Waals surface area (Å²) in [5.74, 6) is -4.46. The summed E-state index contributed by atoms with van der Waals surface area (Å²) in [5.41, 5.74) is -2.01. The molecule has 104 valence electrons. The second-order valence-electron chi connectivity index (χ2n) is 4.76. The van der Waals surface area contributed by atoms with E-state index in [1.165, 1.54) is 0 Å². The molecule has 0 spiro atoms. The molecular formula is C11H15F3O4. The highest BCUT2D eigenvalue weighted by molar-refractivity contribution is 5.76. The molecule has 1 aliphatic heterocycles. The van der Waals surface area contributed by atoms with Crippen LogP contribution in [-0.2, 0) is 14.3 Å². The van der Waals surface area contributed by atoms with Crippen LogP contribution in [0.15, 0.2) is 0 Å². The van der Waals surface area contributed by atoms with E-state index >= 15 is 0 Å². The zero-order valence-electron chi connectivity index (χ0n) is 9.76. The van der Waals surface area contributed by atoms with Gasteiger partial charge in [-0.1, -0.05) is 19.3 Å². The van der Waals surface area contributed by atoms with Crippen molar-refractivity contribution in [2.45, 2.75) is 44.1 Å². The molecule has 0 bridgehead atoms. The van der Waals surface area contributed by atoms with Crippen molar-refractivity contribution in [2.75, 3.05) is 13.2 Å². The fourth-order valence-electron chi connectivity index (χ4n) is 2.96. The third-order valence-electron chi connectivity index (χ3n) is 3.81. The van der Waals surface area contributed by atoms with E-state index in [0.29, 0.717) is 12.8 Å². The monoisotopic (exact) mass is 268 g/mol. The van der Waals surface area contributed by atoms with Crippen molar-refractivity contribution in [2.24, 2.45) is 5.41 Å². The topological polar surface area (TPSA) is 55.8 Å². The van der Waals surface area contributed by atoms with Gasteiger partial charge in [-0.2, -0.15) is 13.2 Å². The van der Waals surface area contributed by atoms with Gasteiger partial charge in [-0.25, -0.2) is 0 Å². The Balaban J connectivity index is 2.47. The molecule has 0 aromatic carbocycles. The summed E-state index contributed by atoms with van der Waals surface area (Å²) in [5, 5.41) is 9.32. The molecule has 0 atom stereocenters. The highest BCUT2D eigenvalue weighted by Gasteiger charge is 2.74. The van der Waals surface area contributed by atoms with E-state index in [1.54, 1.807) is 0 Å². The lowest BCUT2D eigenvalue weighted by Gasteiger charge is -2.46. The zero-order valence-corrected chi connectivity index (χ0v) is 9.76. The van der Waals surface area contributed by atoms with Gasteiger partial charge >= 0.3 is 12.1 Å². The molecule has 0 aromatic heterocycles. The number of hydrogen-bond donors (Lipinski definition) is 1. The lowest BCUT2D eigenvalue weighted by atomic mass is 9.67. The van der Waals surface area contributed by atoms with E-state index in [4.69, 9.17) is 9.47 Å². The van der Waals surface area contributed by atoms with Crippen molar-refractivity contribution in [1.29, 1.82) is 0 Å². The van der Waals surface area contributed by atoms with E-state index in [0.717, 1.165) is 6.42 Å². The predicted molar refractivity (Wildman–Crippen MR) is 53.8 cm³/mol. The highest BCUT2D eigenvalue weighted by Crippen LogP contribution is 2.56. The summed E-state index contributed by atoms with van der Waals surface area (Å²) in [4.78, 5) is 11.5. The molecule has 2 rings (SSSR count). The summed E-state index contributed by atoms with van der Waals surface area (Å²) in [6.45, 7) is -0.455. The molecule has 0 aromatic rings. The molecular weight excluding hydrogens is 253 g/mol. The lowest BCUT2D eigenvalue weighted by molar-refractivity contribution is -0.385. The van der Waals surface area contributed by atoms with E-state index in [2.05, 4.69) is 0 Å². The Labute approximate surface area is 102 Å². The van der Waals surface area contributed by atoms with Crippen LogP contribution in [0.2, 0.25) is 0 Å². The number of carboxylic acids is 1. The maximum atomic E-state index is 13.3. The number of ether oxygens (including phenoxy) is 2. The first-order valence-electron chi connectivity index (χ1n) is 5.94. The number of rotatable bonds is 2. The Morgan fingerprint density at radius 1 is 1.06 bits per heavy atom. The van der Waals surface area contributed by atoms with Crippen molar-refractivity contribution < 1.29 is 32.5 Å². The van der Waals surface area contributed by atoms with Crippen molar-refractivity contribution in [3.05, 3.63) is 0 Å². The van der Waals surface area contributed by atoms with E-state index < -0.39 is 23.3 Å². The Morgan fingerprint density at radius 2 is 1.56 bits per heavy atom. The van der Waals surface area contributed by atoms with Crippen molar-refractivity contribution in [1.82, 2.24) is 0 Å². The Hall–Kier alpha value is -0.820. The molecule has 2 fully saturated rings. The smallest absolute Gasteiger partial charge is 0.444 e. The van der Waals surface area contributed by atoms with Crippen molar-refractivity contribution >= 4 is 5.97 Å². The van der Waals surface area contributed by atoms with E-state index in [-0.39, 0.29) is 26.1 Å². The Bertz CT molecular complexity index is 328. The van der Waals surface area contributed by atoms with Crippen LogP contribution < -0.4 is 0 Å². The SMILES string of the molecule is O=C(O)C1(C2(C(F)(F)F)OCCO2)CCCCC1. The zero-order chi connectivity index (χ0) is 13.4. The first-order valence-corrected chi connectivity index (χ1v) is 5.94. The Kier molecular flexibility index (Phi) is 3.31. The van der Waals surface area contributed by atoms with Gasteiger partial charge in [-0.05, 0) is 12.8 Å². The number of alkyl halides is 3. The average Bonchev–Trinajstić information content (AvgIpc) is 2.79. The molecule has 0 unspecified atom stereocenters. The van der Waals surface area contributed by atoms with Gasteiger partial charge in [0.25, 0.3) is 5.79 Å². The van der Waals surface area contributed by atoms with Crippen LogP contribution in [0.1, 0.15) is 32.1 Å². The molecule has 1 saturated carbocycles. The number of halogens is 3. The molecule has 7 heteroatoms. The fraction of sp³-hybridized carbons (Fsp3) is 0.909. The molecule has 1 saturated heterocycles. The van der Waals surface area contributed by atoms with Gasteiger partial charge in [0, 0.05) is 0 Å². The quantitative estimate of drug-likeness (QED) is 0.835. The largest absolute Gasteiger partial charge is 0.481 e. The van der Waals surface area contributed by atoms with Gasteiger partial charge in [0.1, 0.15) is 5.41 Å². The second kappa shape index (κ2) is 4.38. The summed E-state index contributed by atoms with van der Waals surface area (Å²) >= 11 is 0. The number of carbonyl (C=O) groups is 1. The molecule has 2 aliphatic rings. The molecule has 1 heterocycles. The van der Waals surface area contributed by atoms with Gasteiger partial charge in [0.15, 0.2) is 0 Å². The third-order valence-corrected chi connectivity index (χ3v) is 3.81. The van der Waals surface area contributed by atoms with Crippen LogP contribution in [0.4, 0.5) is 13.2 Å². The highest BCUT2D eigenvalue weighted by atomic mass is 19.4. The Morgan fingerprint density at radius 3 is 1.94 bits per heavy atom. The van der Waals surface area contributed by atoms with E-state index in [1.807, 2.05) is 0 Å². The van der Waals surface area contributed by atoms with Crippen molar-refractivity contribution in [3.63, 3.8) is 0 Å². The average molecular weight is 268 g/mol. The lowest BCUT2D eigenvalue weighted by Crippen LogP contribution is -2.63. The standard InChI is InChI=1S/C11H15F3O4/c12-11(13,14)10(17-6-7-18-10)9(8(15)16)4-2-1-3-5-9/h1-7H2,(H,15,16). The van der Waals surface area contributed by atoms with Gasteiger partial charge in [-0.3, -0.25) is 4.79 Å². The van der Waals surface area contributed by atoms with Gasteiger partial charge in [0.2, 0.25) is 0 Å². The maximum absolute atomic E-state index is 13.3. The minimum atomic E-state index is -4.85. The summed E-state index contributed by atoms with van der Waals surface area (Å²) in [7, 11) is 0. The summed E-state index contributed by atoms with van der Waals surface area (Å²) in [6, 6.07) is 0. The number of hydrogen-bond acceptors (Lipinski definition) is 3. The number of aliphatic carboxylic acids is 1. The van der Waals surface area contributed by atoms with Gasteiger partial charge in [0.05, 0.1) is 13.2 Å². The van der Waals surface area contributed by atoms with E-state index in [9.17, 15) is 23.1 Å². The summed E-state index contributed by atoms with van der Waals surface area (Å²) < 4.78 is 49.4. The predicted octanol–water partition coefficient (Wildman–Crippen LogP) is 2.33. The van der Waals surface area contributed by atoms with Crippen LogP contribution in [0.5, 0.6) is 0 Å². The van der Waals surface area contributed by atoms with Crippen LogP contribution in [0, 0.1) is 5.41 Å². The minimum Gasteiger partial charge on any atom is -0.481 e. The minimum absolute atomic E-state index is 0.0676. The normalized spacial score (nSPS) is 27.1. The number of carboxylic acid groups (broad SMARTS) is 1. The maximum Gasteiger partial charge on any atom is 0.444 e. The van der Waals surface area contributed by atoms with Crippen LogP contribution >= 0.6 is 0 Å². The van der Waals surface area contributed by atoms with Crippen molar-refractivity contribution in [3.8, 4) is 0 Å². The van der Waals surface area contributed by atoms with Crippen LogP contribution in [0.3, 0.4) is 0 Å². The first kappa shape index (κ1) is 13.6. The first-order chi connectivity index (χ1) is 8.36. The van der Waals surface area contributed by atoms with Crippen LogP contribution in [-0.4, -0.2) is 36.3 Å². The van der Waals surface area contributed by atoms with Crippen LogP contribution in [0.25, 0.3) is 0 Å². The summed E-state index contributed by atoms with van der Waals surface area (Å²) in [6.07, 6.45) is -3.36. The molecule has 1 N–H and O–H groups in total. The second-order valence-corrected chi connectivity index (χ2v) is 4.76. The molecule has 0 radical (unpaired) electrons.